The Morgan fingerprint density at radius 3 is 2.79 bits per heavy atom. The van der Waals surface area contributed by atoms with Crippen molar-refractivity contribution in [2.45, 2.75) is 39.8 Å². The van der Waals surface area contributed by atoms with Gasteiger partial charge < -0.3 is 9.80 Å². The minimum atomic E-state index is 0.264. The normalized spacial score (nSPS) is 17.6. The molecule has 2 aromatic rings. The molecule has 1 saturated carbocycles. The van der Waals surface area contributed by atoms with Crippen molar-refractivity contribution in [1.82, 2.24) is 14.9 Å². The number of hydrogen-bond donors (Lipinski definition) is 0. The SMILES string of the molecule is Cc1ccc2c(n1)N(Cc1csc(C)n1)CCN(C(=O)C1CC1)C2. The topological polar surface area (TPSA) is 49.3 Å². The van der Waals surface area contributed by atoms with Crippen LogP contribution in [0.2, 0.25) is 0 Å². The van der Waals surface area contributed by atoms with Gasteiger partial charge in [0.15, 0.2) is 0 Å². The van der Waals surface area contributed by atoms with Crippen molar-refractivity contribution in [2.24, 2.45) is 5.92 Å². The number of pyridine rings is 1. The predicted octanol–water partition coefficient (Wildman–Crippen LogP) is 2.91. The van der Waals surface area contributed by atoms with E-state index in [2.05, 4.69) is 21.3 Å². The molecular formula is C18H22N4OS. The van der Waals surface area contributed by atoms with Crippen LogP contribution in [0.1, 0.15) is 34.8 Å². The molecule has 1 amide bonds. The number of carbonyl (C=O) groups excluding carboxylic acids is 1. The first-order chi connectivity index (χ1) is 11.6. The van der Waals surface area contributed by atoms with Crippen LogP contribution in [0, 0.1) is 19.8 Å². The number of aromatic nitrogens is 2. The Morgan fingerprint density at radius 2 is 2.08 bits per heavy atom. The molecule has 6 heteroatoms. The minimum Gasteiger partial charge on any atom is -0.349 e. The molecule has 2 aromatic heterocycles. The number of rotatable bonds is 3. The average Bonchev–Trinajstić information content (AvgIpc) is 3.35. The van der Waals surface area contributed by atoms with Crippen LogP contribution in [0.5, 0.6) is 0 Å². The van der Waals surface area contributed by atoms with Crippen LogP contribution in [0.4, 0.5) is 5.82 Å². The van der Waals surface area contributed by atoms with Gasteiger partial charge in [-0.15, -0.1) is 11.3 Å². The van der Waals surface area contributed by atoms with Crippen LogP contribution in [0.25, 0.3) is 0 Å². The van der Waals surface area contributed by atoms with Crippen molar-refractivity contribution < 1.29 is 4.79 Å². The summed E-state index contributed by atoms with van der Waals surface area (Å²) in [5.74, 6) is 1.58. The maximum Gasteiger partial charge on any atom is 0.226 e. The van der Waals surface area contributed by atoms with Crippen LogP contribution in [0.15, 0.2) is 17.5 Å². The second kappa shape index (κ2) is 6.16. The highest BCUT2D eigenvalue weighted by atomic mass is 32.1. The fourth-order valence-corrected chi connectivity index (χ4v) is 3.81. The molecule has 5 nitrogen and oxygen atoms in total. The predicted molar refractivity (Wildman–Crippen MR) is 95.0 cm³/mol. The number of fused-ring (bicyclic) bond motifs is 1. The molecule has 0 spiro atoms. The van der Waals surface area contributed by atoms with E-state index in [4.69, 9.17) is 4.98 Å². The van der Waals surface area contributed by atoms with Crippen molar-refractivity contribution in [3.05, 3.63) is 39.5 Å². The zero-order valence-corrected chi connectivity index (χ0v) is 15.0. The van der Waals surface area contributed by atoms with Gasteiger partial charge in [-0.2, -0.15) is 0 Å². The number of amides is 1. The molecule has 0 radical (unpaired) electrons. The third-order valence-corrected chi connectivity index (χ3v) is 5.48. The summed E-state index contributed by atoms with van der Waals surface area (Å²) in [4.78, 5) is 26.2. The molecule has 0 N–H and O–H groups in total. The van der Waals surface area contributed by atoms with Crippen molar-refractivity contribution in [3.8, 4) is 0 Å². The summed E-state index contributed by atoms with van der Waals surface area (Å²) in [6.45, 7) is 7.03. The molecule has 4 rings (SSSR count). The van der Waals surface area contributed by atoms with Crippen molar-refractivity contribution >= 4 is 23.1 Å². The Kier molecular flexibility index (Phi) is 4.00. The Bertz CT molecular complexity index is 768. The molecule has 24 heavy (non-hydrogen) atoms. The summed E-state index contributed by atoms with van der Waals surface area (Å²) in [5, 5.41) is 3.20. The van der Waals surface area contributed by atoms with Gasteiger partial charge in [0.25, 0.3) is 0 Å². The smallest absolute Gasteiger partial charge is 0.226 e. The fraction of sp³-hybridized carbons (Fsp3) is 0.500. The van der Waals surface area contributed by atoms with Gasteiger partial charge in [0, 0.05) is 42.2 Å². The Balaban J connectivity index is 1.62. The van der Waals surface area contributed by atoms with Crippen molar-refractivity contribution in [3.63, 3.8) is 0 Å². The van der Waals surface area contributed by atoms with Crippen LogP contribution in [-0.2, 0) is 17.9 Å². The van der Waals surface area contributed by atoms with E-state index in [1.54, 1.807) is 11.3 Å². The lowest BCUT2D eigenvalue weighted by atomic mass is 10.2. The lowest BCUT2D eigenvalue weighted by molar-refractivity contribution is -0.132. The average molecular weight is 342 g/mol. The second-order valence-electron chi connectivity index (χ2n) is 6.75. The summed E-state index contributed by atoms with van der Waals surface area (Å²) in [5.41, 5.74) is 3.22. The van der Waals surface area contributed by atoms with E-state index in [-0.39, 0.29) is 5.92 Å². The van der Waals surface area contributed by atoms with Crippen LogP contribution >= 0.6 is 11.3 Å². The molecule has 0 saturated heterocycles. The van der Waals surface area contributed by atoms with Crippen LogP contribution < -0.4 is 4.90 Å². The van der Waals surface area contributed by atoms with E-state index in [1.807, 2.05) is 24.8 Å². The maximum atomic E-state index is 12.5. The van der Waals surface area contributed by atoms with Gasteiger partial charge in [0.05, 0.1) is 17.2 Å². The van der Waals surface area contributed by atoms with Crippen LogP contribution in [-0.4, -0.2) is 33.9 Å². The number of thiazole rings is 1. The van der Waals surface area contributed by atoms with Gasteiger partial charge >= 0.3 is 0 Å². The summed E-state index contributed by atoms with van der Waals surface area (Å²) in [6, 6.07) is 4.16. The van der Waals surface area contributed by atoms with Gasteiger partial charge in [-0.3, -0.25) is 4.79 Å². The van der Waals surface area contributed by atoms with Gasteiger partial charge in [-0.25, -0.2) is 9.97 Å². The third kappa shape index (κ3) is 3.15. The first-order valence-electron chi connectivity index (χ1n) is 8.51. The van der Waals surface area contributed by atoms with Gasteiger partial charge in [0.2, 0.25) is 5.91 Å². The Labute approximate surface area is 146 Å². The first-order valence-corrected chi connectivity index (χ1v) is 9.39. The van der Waals surface area contributed by atoms with E-state index in [0.29, 0.717) is 12.5 Å². The lowest BCUT2D eigenvalue weighted by Gasteiger charge is -2.23. The Morgan fingerprint density at radius 1 is 1.25 bits per heavy atom. The van der Waals surface area contributed by atoms with Gasteiger partial charge in [0.1, 0.15) is 5.82 Å². The quantitative estimate of drug-likeness (QED) is 0.860. The van der Waals surface area contributed by atoms with Crippen molar-refractivity contribution in [1.29, 1.82) is 0 Å². The van der Waals surface area contributed by atoms with E-state index < -0.39 is 0 Å². The van der Waals surface area contributed by atoms with E-state index in [9.17, 15) is 4.79 Å². The largest absolute Gasteiger partial charge is 0.349 e. The molecule has 2 aliphatic rings. The second-order valence-corrected chi connectivity index (χ2v) is 7.81. The zero-order chi connectivity index (χ0) is 16.7. The lowest BCUT2D eigenvalue weighted by Crippen LogP contribution is -2.36. The number of hydrogen-bond acceptors (Lipinski definition) is 5. The van der Waals surface area contributed by atoms with Gasteiger partial charge in [-0.1, -0.05) is 6.07 Å². The molecule has 3 heterocycles. The van der Waals surface area contributed by atoms with Crippen molar-refractivity contribution in [2.75, 3.05) is 18.0 Å². The number of aryl methyl sites for hydroxylation is 2. The zero-order valence-electron chi connectivity index (χ0n) is 14.2. The number of nitrogens with zero attached hydrogens (tertiary/aromatic N) is 4. The minimum absolute atomic E-state index is 0.264. The Hall–Kier alpha value is -1.95. The van der Waals surface area contributed by atoms with E-state index >= 15 is 0 Å². The molecule has 0 aromatic carbocycles. The van der Waals surface area contributed by atoms with E-state index in [0.717, 1.165) is 60.3 Å². The molecule has 0 atom stereocenters. The molecule has 126 valence electrons. The first kappa shape index (κ1) is 15.6. The summed E-state index contributed by atoms with van der Waals surface area (Å²) >= 11 is 1.68. The maximum absolute atomic E-state index is 12.5. The van der Waals surface area contributed by atoms with E-state index in [1.165, 1.54) is 0 Å². The molecular weight excluding hydrogens is 320 g/mol. The highest BCUT2D eigenvalue weighted by Gasteiger charge is 2.35. The molecule has 0 bridgehead atoms. The molecule has 1 aliphatic carbocycles. The summed E-state index contributed by atoms with van der Waals surface area (Å²) in [7, 11) is 0. The highest BCUT2D eigenvalue weighted by molar-refractivity contribution is 7.09. The van der Waals surface area contributed by atoms with Crippen LogP contribution in [0.3, 0.4) is 0 Å². The van der Waals surface area contributed by atoms with Gasteiger partial charge in [-0.05, 0) is 32.8 Å². The molecule has 0 unspecified atom stereocenters. The summed E-state index contributed by atoms with van der Waals surface area (Å²) in [6.07, 6.45) is 2.10. The monoisotopic (exact) mass is 342 g/mol. The molecule has 1 aliphatic heterocycles. The number of carbonyl (C=O) groups is 1. The third-order valence-electron chi connectivity index (χ3n) is 4.65. The molecule has 1 fully saturated rings. The number of anilines is 1. The highest BCUT2D eigenvalue weighted by Crippen LogP contribution is 2.33. The summed E-state index contributed by atoms with van der Waals surface area (Å²) < 4.78 is 0. The standard InChI is InChI=1S/C18H22N4OS/c1-12-3-4-15-9-22(18(23)14-5-6-14)8-7-21(17(15)19-12)10-16-11-24-13(2)20-16/h3-4,11,14H,5-10H2,1-2H3. The fourth-order valence-electron chi connectivity index (χ4n) is 3.21.